The summed E-state index contributed by atoms with van der Waals surface area (Å²) in [6.45, 7) is 6.94. The maximum Gasteiger partial charge on any atom is 0.220 e. The zero-order valence-electron chi connectivity index (χ0n) is 10.2. The van der Waals surface area contributed by atoms with Crippen molar-refractivity contribution in [2.24, 2.45) is 11.3 Å². The normalized spacial score (nSPS) is 37.0. The zero-order valence-corrected chi connectivity index (χ0v) is 10.2. The van der Waals surface area contributed by atoms with Crippen molar-refractivity contribution in [2.45, 2.75) is 64.8 Å². The first-order valence-corrected chi connectivity index (χ1v) is 6.25. The average Bonchev–Trinajstić information content (AvgIpc) is 2.47. The number of carbonyl (C=O) groups is 1. The van der Waals surface area contributed by atoms with Crippen LogP contribution in [0.3, 0.4) is 0 Å². The van der Waals surface area contributed by atoms with Crippen LogP contribution in [0.25, 0.3) is 0 Å². The number of rotatable bonds is 0. The lowest BCUT2D eigenvalue weighted by Crippen LogP contribution is -2.54. The number of amides is 1. The molecule has 0 bridgehead atoms. The fourth-order valence-electron chi connectivity index (χ4n) is 3.69. The van der Waals surface area contributed by atoms with Crippen molar-refractivity contribution in [3.8, 4) is 0 Å². The third-order valence-electron chi connectivity index (χ3n) is 4.26. The largest absolute Gasteiger partial charge is 0.350 e. The SMILES string of the molecule is CC(C)(C)[C@@H]1CCCC[C@]12CCC(=O)N2. The highest BCUT2D eigenvalue weighted by Gasteiger charge is 2.49. The van der Waals surface area contributed by atoms with Gasteiger partial charge in [0.25, 0.3) is 0 Å². The minimum Gasteiger partial charge on any atom is -0.350 e. The molecule has 0 unspecified atom stereocenters. The van der Waals surface area contributed by atoms with Crippen molar-refractivity contribution in [1.29, 1.82) is 0 Å². The van der Waals surface area contributed by atoms with Gasteiger partial charge in [-0.2, -0.15) is 0 Å². The van der Waals surface area contributed by atoms with Gasteiger partial charge in [0.1, 0.15) is 0 Å². The molecule has 86 valence electrons. The highest BCUT2D eigenvalue weighted by molar-refractivity contribution is 5.79. The van der Waals surface area contributed by atoms with E-state index in [2.05, 4.69) is 26.1 Å². The molecule has 1 saturated heterocycles. The average molecular weight is 209 g/mol. The van der Waals surface area contributed by atoms with E-state index >= 15 is 0 Å². The van der Waals surface area contributed by atoms with Gasteiger partial charge in [-0.15, -0.1) is 0 Å². The molecule has 0 radical (unpaired) electrons. The Morgan fingerprint density at radius 2 is 2.00 bits per heavy atom. The molecular formula is C13H23NO. The highest BCUT2D eigenvalue weighted by Crippen LogP contribution is 2.48. The van der Waals surface area contributed by atoms with Crippen LogP contribution in [0.2, 0.25) is 0 Å². The molecule has 2 atom stereocenters. The lowest BCUT2D eigenvalue weighted by atomic mass is 9.61. The van der Waals surface area contributed by atoms with E-state index in [1.807, 2.05) is 0 Å². The Morgan fingerprint density at radius 1 is 1.27 bits per heavy atom. The Kier molecular flexibility index (Phi) is 2.56. The summed E-state index contributed by atoms with van der Waals surface area (Å²) in [6.07, 6.45) is 6.90. The second kappa shape index (κ2) is 3.50. The van der Waals surface area contributed by atoms with E-state index in [9.17, 15) is 4.79 Å². The van der Waals surface area contributed by atoms with Gasteiger partial charge in [-0.05, 0) is 30.6 Å². The zero-order chi connectivity index (χ0) is 11.1. The Labute approximate surface area is 92.8 Å². The Morgan fingerprint density at radius 3 is 2.53 bits per heavy atom. The van der Waals surface area contributed by atoms with Crippen LogP contribution in [0.4, 0.5) is 0 Å². The number of hydrogen-bond donors (Lipinski definition) is 1. The van der Waals surface area contributed by atoms with Crippen LogP contribution in [0.1, 0.15) is 59.3 Å². The van der Waals surface area contributed by atoms with E-state index in [4.69, 9.17) is 0 Å². The summed E-state index contributed by atoms with van der Waals surface area (Å²) in [5.74, 6) is 0.927. The van der Waals surface area contributed by atoms with E-state index < -0.39 is 0 Å². The molecular weight excluding hydrogens is 186 g/mol. The van der Waals surface area contributed by atoms with Crippen LogP contribution in [0.15, 0.2) is 0 Å². The predicted molar refractivity (Wildman–Crippen MR) is 61.5 cm³/mol. The van der Waals surface area contributed by atoms with Crippen molar-refractivity contribution in [1.82, 2.24) is 5.32 Å². The summed E-state index contributed by atoms with van der Waals surface area (Å²) < 4.78 is 0. The lowest BCUT2D eigenvalue weighted by Gasteiger charge is -2.48. The van der Waals surface area contributed by atoms with E-state index in [0.717, 1.165) is 12.8 Å². The summed E-state index contributed by atoms with van der Waals surface area (Å²) in [6, 6.07) is 0. The van der Waals surface area contributed by atoms with E-state index in [-0.39, 0.29) is 11.4 Å². The van der Waals surface area contributed by atoms with Gasteiger partial charge in [0.05, 0.1) is 0 Å². The molecule has 0 aromatic carbocycles. The van der Waals surface area contributed by atoms with Gasteiger partial charge in [-0.1, -0.05) is 33.6 Å². The minimum absolute atomic E-state index is 0.146. The molecule has 2 fully saturated rings. The molecule has 1 saturated carbocycles. The minimum atomic E-state index is 0.146. The monoisotopic (exact) mass is 209 g/mol. The van der Waals surface area contributed by atoms with Gasteiger partial charge in [0, 0.05) is 12.0 Å². The van der Waals surface area contributed by atoms with Gasteiger partial charge < -0.3 is 5.32 Å². The third kappa shape index (κ3) is 1.91. The topological polar surface area (TPSA) is 29.1 Å². The van der Waals surface area contributed by atoms with Crippen LogP contribution < -0.4 is 5.32 Å². The fourth-order valence-corrected chi connectivity index (χ4v) is 3.69. The molecule has 1 N–H and O–H groups in total. The molecule has 1 heterocycles. The predicted octanol–water partition coefficient (Wildman–Crippen LogP) is 2.87. The van der Waals surface area contributed by atoms with Crippen LogP contribution in [-0.2, 0) is 4.79 Å². The highest BCUT2D eigenvalue weighted by atomic mass is 16.2. The number of hydrogen-bond acceptors (Lipinski definition) is 1. The summed E-state index contributed by atoms with van der Waals surface area (Å²) in [4.78, 5) is 11.5. The molecule has 2 nitrogen and oxygen atoms in total. The van der Waals surface area contributed by atoms with Crippen molar-refractivity contribution >= 4 is 5.91 Å². The van der Waals surface area contributed by atoms with Gasteiger partial charge in [0.15, 0.2) is 0 Å². The molecule has 1 amide bonds. The molecule has 1 aliphatic heterocycles. The summed E-state index contributed by atoms with van der Waals surface area (Å²) in [7, 11) is 0. The van der Waals surface area contributed by atoms with Crippen LogP contribution in [0, 0.1) is 11.3 Å². The second-order valence-corrected chi connectivity index (χ2v) is 6.37. The molecule has 0 aromatic rings. The molecule has 0 aromatic heterocycles. The maximum absolute atomic E-state index is 11.5. The molecule has 1 aliphatic carbocycles. The van der Waals surface area contributed by atoms with Gasteiger partial charge in [0.2, 0.25) is 5.91 Å². The molecule has 15 heavy (non-hydrogen) atoms. The lowest BCUT2D eigenvalue weighted by molar-refractivity contribution is -0.120. The molecule has 1 spiro atoms. The van der Waals surface area contributed by atoms with E-state index in [0.29, 0.717) is 11.3 Å². The summed E-state index contributed by atoms with van der Waals surface area (Å²) in [5.41, 5.74) is 0.464. The van der Waals surface area contributed by atoms with Crippen molar-refractivity contribution in [3.63, 3.8) is 0 Å². The van der Waals surface area contributed by atoms with Crippen molar-refractivity contribution in [2.75, 3.05) is 0 Å². The number of carbonyl (C=O) groups excluding carboxylic acids is 1. The smallest absolute Gasteiger partial charge is 0.220 e. The summed E-state index contributed by atoms with van der Waals surface area (Å²) >= 11 is 0. The standard InChI is InChI=1S/C13H23NO/c1-12(2,3)10-6-4-5-8-13(10)9-7-11(15)14-13/h10H,4-9H2,1-3H3,(H,14,15)/t10-,13-/m0/s1. The second-order valence-electron chi connectivity index (χ2n) is 6.37. The van der Waals surface area contributed by atoms with Crippen molar-refractivity contribution < 1.29 is 4.79 Å². The Hall–Kier alpha value is -0.530. The third-order valence-corrected chi connectivity index (χ3v) is 4.26. The van der Waals surface area contributed by atoms with Gasteiger partial charge >= 0.3 is 0 Å². The van der Waals surface area contributed by atoms with Crippen LogP contribution in [-0.4, -0.2) is 11.4 Å². The van der Waals surface area contributed by atoms with E-state index in [1.54, 1.807) is 0 Å². The van der Waals surface area contributed by atoms with Crippen LogP contribution in [0.5, 0.6) is 0 Å². The Balaban J connectivity index is 2.23. The summed E-state index contributed by atoms with van der Waals surface area (Å²) in [5, 5.41) is 3.29. The first-order chi connectivity index (χ1) is 6.94. The van der Waals surface area contributed by atoms with Gasteiger partial charge in [-0.3, -0.25) is 4.79 Å². The van der Waals surface area contributed by atoms with Gasteiger partial charge in [-0.25, -0.2) is 0 Å². The first-order valence-electron chi connectivity index (χ1n) is 6.25. The number of nitrogens with one attached hydrogen (secondary N) is 1. The quantitative estimate of drug-likeness (QED) is 0.653. The van der Waals surface area contributed by atoms with E-state index in [1.165, 1.54) is 25.7 Å². The maximum atomic E-state index is 11.5. The Bertz CT molecular complexity index is 266. The van der Waals surface area contributed by atoms with Crippen molar-refractivity contribution in [3.05, 3.63) is 0 Å². The fraction of sp³-hybridized carbons (Fsp3) is 0.923. The first kappa shape index (κ1) is 11.0. The van der Waals surface area contributed by atoms with Crippen LogP contribution >= 0.6 is 0 Å². The molecule has 2 heteroatoms. The molecule has 2 aliphatic rings. The molecule has 2 rings (SSSR count).